The molecule has 1 unspecified atom stereocenters. The molecule has 2 aromatic rings. The minimum Gasteiger partial charge on any atom is -0.494 e. The number of halogens is 1. The smallest absolute Gasteiger partial charge is 0.246 e. The molecule has 6 heteroatoms. The van der Waals surface area contributed by atoms with Crippen LogP contribution in [0.15, 0.2) is 54.6 Å². The molecule has 2 rings (SSSR count). The first-order valence-electron chi connectivity index (χ1n) is 8.09. The molecule has 0 aromatic heterocycles. The molecule has 5 nitrogen and oxygen atoms in total. The average Bonchev–Trinajstić information content (AvgIpc) is 2.61. The molecule has 132 valence electrons. The zero-order chi connectivity index (χ0) is 18.1. The largest absolute Gasteiger partial charge is 0.494 e. The summed E-state index contributed by atoms with van der Waals surface area (Å²) in [6, 6.07) is 14.4. The first-order chi connectivity index (χ1) is 12.1. The van der Waals surface area contributed by atoms with E-state index in [0.29, 0.717) is 13.0 Å². The summed E-state index contributed by atoms with van der Waals surface area (Å²) in [4.78, 5) is 23.9. The average molecular weight is 344 g/mol. The fraction of sp³-hybridized carbons (Fsp3) is 0.263. The van der Waals surface area contributed by atoms with Gasteiger partial charge in [-0.05, 0) is 37.6 Å². The third kappa shape index (κ3) is 6.25. The lowest BCUT2D eigenvalue weighted by Crippen LogP contribution is -2.41. The molecule has 0 fully saturated rings. The highest BCUT2D eigenvalue weighted by molar-refractivity contribution is 5.96. The van der Waals surface area contributed by atoms with Crippen molar-refractivity contribution in [2.24, 2.45) is 0 Å². The van der Waals surface area contributed by atoms with Crippen LogP contribution < -0.4 is 15.4 Å². The second kappa shape index (κ2) is 9.42. The Hall–Kier alpha value is -2.89. The highest BCUT2D eigenvalue weighted by Crippen LogP contribution is 2.12. The Labute approximate surface area is 146 Å². The van der Waals surface area contributed by atoms with Gasteiger partial charge in [0.05, 0.1) is 12.3 Å². The van der Waals surface area contributed by atoms with E-state index in [4.69, 9.17) is 4.74 Å². The molecule has 0 aliphatic heterocycles. The van der Waals surface area contributed by atoms with Crippen LogP contribution in [0.4, 0.5) is 10.1 Å². The van der Waals surface area contributed by atoms with Crippen LogP contribution in [0.1, 0.15) is 19.8 Å². The summed E-state index contributed by atoms with van der Waals surface area (Å²) < 4.78 is 19.0. The van der Waals surface area contributed by atoms with Crippen molar-refractivity contribution in [3.05, 3.63) is 60.4 Å². The molecule has 1 atom stereocenters. The highest BCUT2D eigenvalue weighted by atomic mass is 19.1. The van der Waals surface area contributed by atoms with Crippen LogP contribution in [0, 0.1) is 5.82 Å². The van der Waals surface area contributed by atoms with Gasteiger partial charge in [0.1, 0.15) is 17.6 Å². The molecule has 0 radical (unpaired) electrons. The van der Waals surface area contributed by atoms with E-state index in [-0.39, 0.29) is 18.0 Å². The topological polar surface area (TPSA) is 67.4 Å². The van der Waals surface area contributed by atoms with Crippen LogP contribution in [0.5, 0.6) is 5.75 Å². The number of benzene rings is 2. The molecular weight excluding hydrogens is 323 g/mol. The maximum atomic E-state index is 13.5. The molecule has 0 saturated heterocycles. The summed E-state index contributed by atoms with van der Waals surface area (Å²) >= 11 is 0. The SMILES string of the molecule is CC(NC(=O)CCCOc1ccccc1)C(=O)Nc1ccccc1F. The van der Waals surface area contributed by atoms with E-state index in [9.17, 15) is 14.0 Å². The number of hydrogen-bond donors (Lipinski definition) is 2. The normalized spacial score (nSPS) is 11.4. The van der Waals surface area contributed by atoms with E-state index in [1.165, 1.54) is 18.2 Å². The van der Waals surface area contributed by atoms with E-state index in [1.807, 2.05) is 30.3 Å². The maximum Gasteiger partial charge on any atom is 0.246 e. The van der Waals surface area contributed by atoms with Gasteiger partial charge in [0.2, 0.25) is 11.8 Å². The van der Waals surface area contributed by atoms with Gasteiger partial charge >= 0.3 is 0 Å². The van der Waals surface area contributed by atoms with E-state index in [1.54, 1.807) is 13.0 Å². The number of amides is 2. The summed E-state index contributed by atoms with van der Waals surface area (Å²) in [6.45, 7) is 1.96. The third-order valence-corrected chi connectivity index (χ3v) is 3.46. The Morgan fingerprint density at radius 3 is 2.48 bits per heavy atom. The van der Waals surface area contributed by atoms with E-state index in [0.717, 1.165) is 5.75 Å². The van der Waals surface area contributed by atoms with Crippen molar-refractivity contribution in [2.45, 2.75) is 25.8 Å². The van der Waals surface area contributed by atoms with Crippen molar-refractivity contribution in [3.8, 4) is 5.75 Å². The molecule has 0 aliphatic carbocycles. The van der Waals surface area contributed by atoms with Crippen LogP contribution in [0.25, 0.3) is 0 Å². The van der Waals surface area contributed by atoms with Gasteiger partial charge in [0.25, 0.3) is 0 Å². The van der Waals surface area contributed by atoms with Crippen LogP contribution in [0.2, 0.25) is 0 Å². The summed E-state index contributed by atoms with van der Waals surface area (Å²) in [5.41, 5.74) is 0.0878. The molecular formula is C19H21FN2O3. The van der Waals surface area contributed by atoms with Gasteiger partial charge in [0.15, 0.2) is 0 Å². The Kier molecular flexibility index (Phi) is 6.95. The van der Waals surface area contributed by atoms with Gasteiger partial charge in [-0.1, -0.05) is 30.3 Å². The lowest BCUT2D eigenvalue weighted by Gasteiger charge is -2.14. The quantitative estimate of drug-likeness (QED) is 0.723. The number of rotatable bonds is 8. The second-order valence-corrected chi connectivity index (χ2v) is 5.52. The number of para-hydroxylation sites is 2. The minimum atomic E-state index is -0.762. The highest BCUT2D eigenvalue weighted by Gasteiger charge is 2.16. The molecule has 0 bridgehead atoms. The molecule has 0 aliphatic rings. The molecule has 25 heavy (non-hydrogen) atoms. The Balaban J connectivity index is 1.68. The van der Waals surface area contributed by atoms with Crippen LogP contribution in [-0.2, 0) is 9.59 Å². The predicted octanol–water partition coefficient (Wildman–Crippen LogP) is 3.13. The van der Waals surface area contributed by atoms with Crippen molar-refractivity contribution in [3.63, 3.8) is 0 Å². The van der Waals surface area contributed by atoms with Gasteiger partial charge in [-0.15, -0.1) is 0 Å². The fourth-order valence-corrected chi connectivity index (χ4v) is 2.12. The molecule has 2 amide bonds. The zero-order valence-corrected chi connectivity index (χ0v) is 14.0. The summed E-state index contributed by atoms with van der Waals surface area (Å²) in [5.74, 6) is -0.500. The monoisotopic (exact) mass is 344 g/mol. The number of hydrogen-bond acceptors (Lipinski definition) is 3. The summed E-state index contributed by atoms with van der Waals surface area (Å²) in [7, 11) is 0. The molecule has 2 aromatic carbocycles. The van der Waals surface area contributed by atoms with Crippen molar-refractivity contribution in [2.75, 3.05) is 11.9 Å². The van der Waals surface area contributed by atoms with Crippen LogP contribution in [-0.4, -0.2) is 24.5 Å². The maximum absolute atomic E-state index is 13.5. The van der Waals surface area contributed by atoms with Crippen LogP contribution in [0.3, 0.4) is 0 Å². The second-order valence-electron chi connectivity index (χ2n) is 5.52. The molecule has 0 saturated carbocycles. The number of carbonyl (C=O) groups excluding carboxylic acids is 2. The molecule has 2 N–H and O–H groups in total. The number of ether oxygens (including phenoxy) is 1. The Morgan fingerprint density at radius 1 is 1.08 bits per heavy atom. The lowest BCUT2D eigenvalue weighted by molar-refractivity contribution is -0.126. The van der Waals surface area contributed by atoms with Gasteiger partial charge in [0, 0.05) is 6.42 Å². The summed E-state index contributed by atoms with van der Waals surface area (Å²) in [6.07, 6.45) is 0.770. The Bertz CT molecular complexity index is 707. The van der Waals surface area contributed by atoms with Crippen molar-refractivity contribution >= 4 is 17.5 Å². The van der Waals surface area contributed by atoms with Crippen molar-refractivity contribution < 1.29 is 18.7 Å². The standard InChI is InChI=1S/C19H21FN2O3/c1-14(19(24)22-17-11-6-5-10-16(17)20)21-18(23)12-7-13-25-15-8-3-2-4-9-15/h2-6,8-11,14H,7,12-13H2,1H3,(H,21,23)(H,22,24). The van der Waals surface area contributed by atoms with Gasteiger partial charge in [-0.25, -0.2) is 4.39 Å². The fourth-order valence-electron chi connectivity index (χ4n) is 2.12. The first kappa shape index (κ1) is 18.4. The third-order valence-electron chi connectivity index (χ3n) is 3.46. The Morgan fingerprint density at radius 2 is 1.76 bits per heavy atom. The minimum absolute atomic E-state index is 0.0878. The van der Waals surface area contributed by atoms with Crippen LogP contribution >= 0.6 is 0 Å². The predicted molar refractivity (Wildman–Crippen MR) is 93.8 cm³/mol. The first-order valence-corrected chi connectivity index (χ1v) is 8.09. The van der Waals surface area contributed by atoms with Gasteiger partial charge in [-0.3, -0.25) is 9.59 Å². The number of anilines is 1. The zero-order valence-electron chi connectivity index (χ0n) is 14.0. The lowest BCUT2D eigenvalue weighted by atomic mass is 10.2. The van der Waals surface area contributed by atoms with Crippen molar-refractivity contribution in [1.29, 1.82) is 0 Å². The summed E-state index contributed by atoms with van der Waals surface area (Å²) in [5, 5.41) is 5.04. The number of carbonyl (C=O) groups is 2. The van der Waals surface area contributed by atoms with E-state index < -0.39 is 17.8 Å². The van der Waals surface area contributed by atoms with Gasteiger partial charge < -0.3 is 15.4 Å². The van der Waals surface area contributed by atoms with Crippen molar-refractivity contribution in [1.82, 2.24) is 5.32 Å². The van der Waals surface area contributed by atoms with E-state index >= 15 is 0 Å². The molecule has 0 heterocycles. The number of nitrogens with one attached hydrogen (secondary N) is 2. The van der Waals surface area contributed by atoms with Gasteiger partial charge in [-0.2, -0.15) is 0 Å². The van der Waals surface area contributed by atoms with E-state index in [2.05, 4.69) is 10.6 Å². The molecule has 0 spiro atoms.